The van der Waals surface area contributed by atoms with Crippen molar-refractivity contribution in [1.29, 1.82) is 0 Å². The van der Waals surface area contributed by atoms with Crippen LogP contribution in [0.25, 0.3) is 0 Å². The Kier molecular flexibility index (Phi) is 3.99. The van der Waals surface area contributed by atoms with Gasteiger partial charge in [0.25, 0.3) is 0 Å². The molecule has 68 valence electrons. The van der Waals surface area contributed by atoms with Gasteiger partial charge in [-0.05, 0) is 26.2 Å². The zero-order valence-corrected chi connectivity index (χ0v) is 7.92. The quantitative estimate of drug-likeness (QED) is 0.644. The Morgan fingerprint density at radius 3 is 2.58 bits per heavy atom. The number of rotatable bonds is 4. The number of aliphatic hydroxyl groups is 1. The third-order valence-corrected chi connectivity index (χ3v) is 1.69. The fourth-order valence-corrected chi connectivity index (χ4v) is 1.30. The second kappa shape index (κ2) is 4.27. The minimum absolute atomic E-state index is 0.135. The van der Waals surface area contributed by atoms with Gasteiger partial charge in [-0.3, -0.25) is 0 Å². The largest absolute Gasteiger partial charge is 0.378 e. The Balaban J connectivity index is 3.94. The first-order valence-corrected chi connectivity index (χ1v) is 4.07. The van der Waals surface area contributed by atoms with Crippen LogP contribution in [-0.4, -0.2) is 16.5 Å². The summed E-state index contributed by atoms with van der Waals surface area (Å²) in [5, 5.41) is 9.46. The fourth-order valence-electron chi connectivity index (χ4n) is 1.30. The molecule has 0 aliphatic carbocycles. The van der Waals surface area contributed by atoms with Gasteiger partial charge in [0.15, 0.2) is 0 Å². The van der Waals surface area contributed by atoms with Gasteiger partial charge in [0, 0.05) is 6.42 Å². The van der Waals surface area contributed by atoms with Crippen LogP contribution in [0.15, 0.2) is 0 Å². The molecule has 0 amide bonds. The third kappa shape index (κ3) is 4.92. The van der Waals surface area contributed by atoms with Gasteiger partial charge in [-0.1, -0.05) is 12.8 Å². The van der Waals surface area contributed by atoms with E-state index < -0.39 is 5.60 Å². The van der Waals surface area contributed by atoms with E-state index >= 15 is 0 Å². The van der Waals surface area contributed by atoms with Crippen LogP contribution in [0.1, 0.15) is 33.6 Å². The van der Waals surface area contributed by atoms with Crippen LogP contribution in [-0.2, 0) is 4.79 Å². The molecule has 2 atom stereocenters. The minimum atomic E-state index is -1.07. The fraction of sp³-hybridized carbons (Fsp3) is 0.700. The monoisotopic (exact) mass is 168 g/mol. The van der Waals surface area contributed by atoms with Crippen molar-refractivity contribution < 1.29 is 9.90 Å². The molecule has 0 heterocycles. The first-order chi connectivity index (χ1) is 5.37. The predicted octanol–water partition coefficient (Wildman–Crippen LogP) is 1.38. The molecule has 0 saturated carbocycles. The zero-order chi connectivity index (χ0) is 9.78. The highest BCUT2D eigenvalue weighted by Gasteiger charge is 2.20. The first kappa shape index (κ1) is 11.2. The van der Waals surface area contributed by atoms with Crippen molar-refractivity contribution in [2.24, 2.45) is 5.92 Å². The summed E-state index contributed by atoms with van der Waals surface area (Å²) in [7, 11) is 0. The van der Waals surface area contributed by atoms with E-state index in [0.717, 1.165) is 0 Å². The summed E-state index contributed by atoms with van der Waals surface area (Å²) < 4.78 is 0. The zero-order valence-electron chi connectivity index (χ0n) is 7.92. The normalized spacial score (nSPS) is 17.6. The molecule has 0 radical (unpaired) electrons. The van der Waals surface area contributed by atoms with E-state index in [1.165, 1.54) is 0 Å². The van der Waals surface area contributed by atoms with E-state index in [1.807, 2.05) is 6.92 Å². The molecule has 0 aliphatic rings. The highest BCUT2D eigenvalue weighted by atomic mass is 16.3. The summed E-state index contributed by atoms with van der Waals surface area (Å²) >= 11 is 0. The van der Waals surface area contributed by atoms with E-state index in [0.29, 0.717) is 12.8 Å². The Morgan fingerprint density at radius 2 is 2.25 bits per heavy atom. The van der Waals surface area contributed by atoms with Crippen molar-refractivity contribution in [2.75, 3.05) is 0 Å². The molecule has 0 saturated heterocycles. The SMILES string of the molecule is C#CC(C)(O)CC(C)CC(C)=O. The maximum atomic E-state index is 10.7. The van der Waals surface area contributed by atoms with Gasteiger partial charge >= 0.3 is 0 Å². The van der Waals surface area contributed by atoms with Crippen molar-refractivity contribution >= 4 is 5.78 Å². The second-order valence-corrected chi connectivity index (χ2v) is 3.63. The molecule has 2 heteroatoms. The van der Waals surface area contributed by atoms with Crippen LogP contribution in [0.2, 0.25) is 0 Å². The second-order valence-electron chi connectivity index (χ2n) is 3.63. The molecule has 1 N–H and O–H groups in total. The summed E-state index contributed by atoms with van der Waals surface area (Å²) in [5.41, 5.74) is -1.07. The highest BCUT2D eigenvalue weighted by molar-refractivity contribution is 5.75. The van der Waals surface area contributed by atoms with E-state index in [9.17, 15) is 9.90 Å². The molecule has 2 nitrogen and oxygen atoms in total. The standard InChI is InChI=1S/C10H16O2/c1-5-10(4,12)7-8(2)6-9(3)11/h1,8,12H,6-7H2,2-4H3. The molecule has 2 unspecified atom stereocenters. The van der Waals surface area contributed by atoms with E-state index in [1.54, 1.807) is 13.8 Å². The summed E-state index contributed by atoms with van der Waals surface area (Å²) in [5.74, 6) is 2.57. The summed E-state index contributed by atoms with van der Waals surface area (Å²) in [4.78, 5) is 10.7. The Labute approximate surface area is 74.0 Å². The molecule has 0 aliphatic heterocycles. The number of hydrogen-bond acceptors (Lipinski definition) is 2. The first-order valence-electron chi connectivity index (χ1n) is 4.07. The lowest BCUT2D eigenvalue weighted by Crippen LogP contribution is -2.25. The Morgan fingerprint density at radius 1 is 1.75 bits per heavy atom. The van der Waals surface area contributed by atoms with E-state index in [4.69, 9.17) is 6.42 Å². The number of Topliss-reactive ketones (excluding diaryl/α,β-unsaturated/α-hetero) is 1. The van der Waals surface area contributed by atoms with Crippen molar-refractivity contribution in [3.05, 3.63) is 0 Å². The number of hydrogen-bond donors (Lipinski definition) is 1. The molecule has 0 aromatic heterocycles. The van der Waals surface area contributed by atoms with Gasteiger partial charge in [-0.15, -0.1) is 6.42 Å². The van der Waals surface area contributed by atoms with Crippen molar-refractivity contribution in [2.45, 2.75) is 39.2 Å². The van der Waals surface area contributed by atoms with E-state index in [2.05, 4.69) is 5.92 Å². The lowest BCUT2D eigenvalue weighted by atomic mass is 9.91. The molecular formula is C10H16O2. The number of ketones is 1. The van der Waals surface area contributed by atoms with Gasteiger partial charge < -0.3 is 9.90 Å². The van der Waals surface area contributed by atoms with Gasteiger partial charge in [0.05, 0.1) is 0 Å². The van der Waals surface area contributed by atoms with Crippen LogP contribution >= 0.6 is 0 Å². The van der Waals surface area contributed by atoms with Gasteiger partial charge in [-0.2, -0.15) is 0 Å². The van der Waals surface area contributed by atoms with Gasteiger partial charge in [0.1, 0.15) is 11.4 Å². The highest BCUT2D eigenvalue weighted by Crippen LogP contribution is 2.18. The van der Waals surface area contributed by atoms with E-state index in [-0.39, 0.29) is 11.7 Å². The van der Waals surface area contributed by atoms with Gasteiger partial charge in [0.2, 0.25) is 0 Å². The molecule has 12 heavy (non-hydrogen) atoms. The molecule has 0 fully saturated rings. The number of terminal acetylenes is 1. The Bertz CT molecular complexity index is 198. The maximum Gasteiger partial charge on any atom is 0.130 e. The maximum absolute atomic E-state index is 10.7. The van der Waals surface area contributed by atoms with Crippen molar-refractivity contribution in [3.8, 4) is 12.3 Å². The predicted molar refractivity (Wildman–Crippen MR) is 48.5 cm³/mol. The Hall–Kier alpha value is -0.810. The molecule has 0 rings (SSSR count). The third-order valence-electron chi connectivity index (χ3n) is 1.69. The molecular weight excluding hydrogens is 152 g/mol. The summed E-state index contributed by atoms with van der Waals surface area (Å²) in [6, 6.07) is 0. The lowest BCUT2D eigenvalue weighted by Gasteiger charge is -2.20. The summed E-state index contributed by atoms with van der Waals surface area (Å²) in [6.45, 7) is 5.04. The average Bonchev–Trinajstić information content (AvgIpc) is 1.84. The number of carbonyl (C=O) groups excluding carboxylic acids is 1. The van der Waals surface area contributed by atoms with Gasteiger partial charge in [-0.25, -0.2) is 0 Å². The van der Waals surface area contributed by atoms with Crippen molar-refractivity contribution in [1.82, 2.24) is 0 Å². The molecule has 0 aromatic carbocycles. The minimum Gasteiger partial charge on any atom is -0.378 e. The van der Waals surface area contributed by atoms with Crippen LogP contribution in [0, 0.1) is 18.3 Å². The smallest absolute Gasteiger partial charge is 0.130 e. The van der Waals surface area contributed by atoms with Crippen LogP contribution in [0.5, 0.6) is 0 Å². The van der Waals surface area contributed by atoms with Crippen LogP contribution in [0.4, 0.5) is 0 Å². The average molecular weight is 168 g/mol. The molecule has 0 aromatic rings. The lowest BCUT2D eigenvalue weighted by molar-refractivity contribution is -0.118. The molecule has 0 bridgehead atoms. The number of carbonyl (C=O) groups is 1. The van der Waals surface area contributed by atoms with Crippen molar-refractivity contribution in [3.63, 3.8) is 0 Å². The van der Waals surface area contributed by atoms with Crippen LogP contribution < -0.4 is 0 Å². The summed E-state index contributed by atoms with van der Waals surface area (Å²) in [6.07, 6.45) is 6.06. The topological polar surface area (TPSA) is 37.3 Å². The van der Waals surface area contributed by atoms with Crippen LogP contribution in [0.3, 0.4) is 0 Å². The molecule has 0 spiro atoms.